The molecule has 2 amide bonds. The fourth-order valence-corrected chi connectivity index (χ4v) is 3.37. The molecule has 1 aromatic heterocycles. The van der Waals surface area contributed by atoms with Gasteiger partial charge < -0.3 is 5.32 Å². The summed E-state index contributed by atoms with van der Waals surface area (Å²) < 4.78 is 1.54. The van der Waals surface area contributed by atoms with Gasteiger partial charge in [-0.3, -0.25) is 14.4 Å². The zero-order valence-electron chi connectivity index (χ0n) is 17.8. The number of carbonyl (C=O) groups is 2. The zero-order valence-corrected chi connectivity index (χ0v) is 18.5. The van der Waals surface area contributed by atoms with Crippen LogP contribution in [0.25, 0.3) is 16.9 Å². The van der Waals surface area contributed by atoms with Crippen LogP contribution in [0.3, 0.4) is 0 Å². The highest BCUT2D eigenvalue weighted by Gasteiger charge is 2.18. The van der Waals surface area contributed by atoms with Crippen molar-refractivity contribution in [3.8, 4) is 16.9 Å². The molecule has 0 bridgehead atoms. The standard InChI is InChI=1S/C25H21ClN4O3/c1-17-12-13-19(26)14-21(17)27-24(31)16-33-29-25(32)23-15-22(18-8-4-2-5-9-18)28-30(23)20-10-6-3-7-11-20/h2-15H,16H2,1H3,(H,27,31)(H,29,32). The first-order valence-corrected chi connectivity index (χ1v) is 10.6. The second-order valence-electron chi connectivity index (χ2n) is 7.26. The van der Waals surface area contributed by atoms with E-state index in [4.69, 9.17) is 16.4 Å². The predicted octanol–water partition coefficient (Wildman–Crippen LogP) is 4.80. The normalized spacial score (nSPS) is 10.6. The molecule has 0 radical (unpaired) electrons. The number of hydroxylamine groups is 1. The maximum atomic E-state index is 12.9. The van der Waals surface area contributed by atoms with E-state index >= 15 is 0 Å². The van der Waals surface area contributed by atoms with Crippen LogP contribution < -0.4 is 10.8 Å². The Balaban J connectivity index is 1.46. The van der Waals surface area contributed by atoms with Gasteiger partial charge in [-0.25, -0.2) is 10.2 Å². The van der Waals surface area contributed by atoms with Gasteiger partial charge >= 0.3 is 0 Å². The first kappa shape index (κ1) is 22.3. The highest BCUT2D eigenvalue weighted by atomic mass is 35.5. The molecule has 2 N–H and O–H groups in total. The maximum Gasteiger partial charge on any atom is 0.293 e. The topological polar surface area (TPSA) is 85.2 Å². The first-order valence-electron chi connectivity index (χ1n) is 10.2. The molecule has 7 nitrogen and oxygen atoms in total. The van der Waals surface area contributed by atoms with Crippen LogP contribution in [0.5, 0.6) is 0 Å². The van der Waals surface area contributed by atoms with Crippen LogP contribution in [0.2, 0.25) is 5.02 Å². The average molecular weight is 461 g/mol. The molecule has 0 aliphatic carbocycles. The number of rotatable bonds is 7. The lowest BCUT2D eigenvalue weighted by molar-refractivity contribution is -0.122. The van der Waals surface area contributed by atoms with E-state index in [2.05, 4.69) is 15.9 Å². The summed E-state index contributed by atoms with van der Waals surface area (Å²) in [6.07, 6.45) is 0. The predicted molar refractivity (Wildman–Crippen MR) is 127 cm³/mol. The molecule has 0 atom stereocenters. The van der Waals surface area contributed by atoms with Gasteiger partial charge in [-0.2, -0.15) is 5.10 Å². The summed E-state index contributed by atoms with van der Waals surface area (Å²) in [5, 5.41) is 7.82. The van der Waals surface area contributed by atoms with Gasteiger partial charge in [0, 0.05) is 16.3 Å². The van der Waals surface area contributed by atoms with E-state index in [0.717, 1.165) is 16.8 Å². The molecule has 0 spiro atoms. The molecular formula is C25H21ClN4O3. The minimum atomic E-state index is -0.528. The number of aromatic nitrogens is 2. The number of carbonyl (C=O) groups excluding carboxylic acids is 2. The molecule has 0 fully saturated rings. The zero-order chi connectivity index (χ0) is 23.2. The Morgan fingerprint density at radius 1 is 0.970 bits per heavy atom. The second-order valence-corrected chi connectivity index (χ2v) is 7.69. The summed E-state index contributed by atoms with van der Waals surface area (Å²) >= 11 is 5.98. The van der Waals surface area contributed by atoms with Crippen LogP contribution in [-0.4, -0.2) is 28.2 Å². The number of hydrogen-bond acceptors (Lipinski definition) is 4. The largest absolute Gasteiger partial charge is 0.324 e. The van der Waals surface area contributed by atoms with Crippen molar-refractivity contribution in [3.63, 3.8) is 0 Å². The van der Waals surface area contributed by atoms with E-state index in [9.17, 15) is 9.59 Å². The van der Waals surface area contributed by atoms with Crippen LogP contribution in [0, 0.1) is 6.92 Å². The molecule has 4 rings (SSSR count). The minimum absolute atomic E-state index is 0.270. The molecule has 166 valence electrons. The van der Waals surface area contributed by atoms with E-state index < -0.39 is 11.8 Å². The monoisotopic (exact) mass is 460 g/mol. The van der Waals surface area contributed by atoms with Crippen LogP contribution in [0.4, 0.5) is 5.69 Å². The average Bonchev–Trinajstić information content (AvgIpc) is 3.28. The molecule has 0 saturated heterocycles. The van der Waals surface area contributed by atoms with Gasteiger partial charge in [-0.1, -0.05) is 66.2 Å². The fraction of sp³-hybridized carbons (Fsp3) is 0.0800. The molecule has 4 aromatic rings. The Kier molecular flexibility index (Phi) is 6.83. The highest BCUT2D eigenvalue weighted by Crippen LogP contribution is 2.22. The second kappa shape index (κ2) is 10.1. The molecular weight excluding hydrogens is 440 g/mol. The molecule has 33 heavy (non-hydrogen) atoms. The summed E-state index contributed by atoms with van der Waals surface area (Å²) in [4.78, 5) is 30.3. The number of hydrogen-bond donors (Lipinski definition) is 2. The molecule has 0 aliphatic rings. The van der Waals surface area contributed by atoms with Crippen LogP contribution in [0.1, 0.15) is 16.1 Å². The summed E-state index contributed by atoms with van der Waals surface area (Å²) in [5.41, 5.74) is 6.27. The van der Waals surface area contributed by atoms with Crippen molar-refractivity contribution in [1.82, 2.24) is 15.3 Å². The van der Waals surface area contributed by atoms with E-state index in [1.165, 1.54) is 4.68 Å². The lowest BCUT2D eigenvalue weighted by Crippen LogP contribution is -2.30. The number of nitrogens with one attached hydrogen (secondary N) is 2. The first-order chi connectivity index (χ1) is 16.0. The van der Waals surface area contributed by atoms with E-state index in [1.54, 1.807) is 24.3 Å². The third-order valence-electron chi connectivity index (χ3n) is 4.85. The van der Waals surface area contributed by atoms with Crippen molar-refractivity contribution in [1.29, 1.82) is 0 Å². The van der Waals surface area contributed by atoms with Gasteiger partial charge in [0.25, 0.3) is 11.8 Å². The number of nitrogens with zero attached hydrogens (tertiary/aromatic N) is 2. The molecule has 3 aromatic carbocycles. The van der Waals surface area contributed by atoms with Crippen molar-refractivity contribution in [2.75, 3.05) is 11.9 Å². The van der Waals surface area contributed by atoms with Crippen molar-refractivity contribution in [3.05, 3.63) is 101 Å². The van der Waals surface area contributed by atoms with Crippen LogP contribution >= 0.6 is 11.6 Å². The highest BCUT2D eigenvalue weighted by molar-refractivity contribution is 6.31. The fourth-order valence-electron chi connectivity index (χ4n) is 3.19. The lowest BCUT2D eigenvalue weighted by atomic mass is 10.1. The molecule has 8 heteroatoms. The van der Waals surface area contributed by atoms with Crippen molar-refractivity contribution < 1.29 is 14.4 Å². The molecule has 0 saturated carbocycles. The molecule has 0 aliphatic heterocycles. The Hall–Kier alpha value is -3.94. The Morgan fingerprint density at radius 3 is 2.39 bits per heavy atom. The quantitative estimate of drug-likeness (QED) is 0.388. The summed E-state index contributed by atoms with van der Waals surface area (Å²) in [7, 11) is 0. The van der Waals surface area contributed by atoms with Crippen LogP contribution in [0.15, 0.2) is 84.9 Å². The van der Waals surface area contributed by atoms with Gasteiger partial charge in [0.05, 0.1) is 11.4 Å². The van der Waals surface area contributed by atoms with Gasteiger partial charge in [0.1, 0.15) is 5.69 Å². The number of anilines is 1. The third kappa shape index (κ3) is 5.46. The van der Waals surface area contributed by atoms with Gasteiger partial charge in [0.15, 0.2) is 6.61 Å². The number of benzene rings is 3. The Bertz CT molecular complexity index is 1270. The maximum absolute atomic E-state index is 12.9. The number of halogens is 1. The van der Waals surface area contributed by atoms with Crippen LogP contribution in [-0.2, 0) is 9.63 Å². The minimum Gasteiger partial charge on any atom is -0.324 e. The van der Waals surface area contributed by atoms with Gasteiger partial charge in [-0.15, -0.1) is 0 Å². The summed E-state index contributed by atoms with van der Waals surface area (Å²) in [5.74, 6) is -0.956. The van der Waals surface area contributed by atoms with Gasteiger partial charge in [0.2, 0.25) is 0 Å². The Labute approximate surface area is 195 Å². The lowest BCUT2D eigenvalue weighted by Gasteiger charge is -2.10. The SMILES string of the molecule is Cc1ccc(Cl)cc1NC(=O)CONC(=O)c1cc(-c2ccccc2)nn1-c1ccccc1. The smallest absolute Gasteiger partial charge is 0.293 e. The van der Waals surface area contributed by atoms with E-state index in [0.29, 0.717) is 16.4 Å². The van der Waals surface area contributed by atoms with E-state index in [1.807, 2.05) is 67.6 Å². The summed E-state index contributed by atoms with van der Waals surface area (Å²) in [6, 6.07) is 25.7. The molecule has 0 unspecified atom stereocenters. The third-order valence-corrected chi connectivity index (χ3v) is 5.09. The van der Waals surface area contributed by atoms with Gasteiger partial charge in [-0.05, 0) is 42.8 Å². The van der Waals surface area contributed by atoms with Crippen molar-refractivity contribution in [2.45, 2.75) is 6.92 Å². The molecule has 1 heterocycles. The summed E-state index contributed by atoms with van der Waals surface area (Å²) in [6.45, 7) is 1.48. The number of aryl methyl sites for hydroxylation is 1. The number of para-hydroxylation sites is 1. The number of amides is 2. The van der Waals surface area contributed by atoms with Crippen molar-refractivity contribution >= 4 is 29.1 Å². The van der Waals surface area contributed by atoms with E-state index in [-0.39, 0.29) is 12.3 Å². The van der Waals surface area contributed by atoms with Crippen molar-refractivity contribution in [2.24, 2.45) is 0 Å². The Morgan fingerprint density at radius 2 is 1.67 bits per heavy atom.